The van der Waals surface area contributed by atoms with E-state index in [1.165, 1.54) is 24.3 Å². The minimum absolute atomic E-state index is 0. The van der Waals surface area contributed by atoms with Gasteiger partial charge in [-0.15, -0.1) is 17.7 Å². The van der Waals surface area contributed by atoms with Gasteiger partial charge in [-0.05, 0) is 12.1 Å². The third-order valence-corrected chi connectivity index (χ3v) is 2.36. The van der Waals surface area contributed by atoms with E-state index in [1.807, 2.05) is 0 Å². The van der Waals surface area contributed by atoms with Crippen molar-refractivity contribution in [1.82, 2.24) is 0 Å². The summed E-state index contributed by atoms with van der Waals surface area (Å²) in [5.74, 6) is -2.80. The quantitative estimate of drug-likeness (QED) is 0.614. The molecule has 0 amide bonds. The van der Waals surface area contributed by atoms with E-state index in [0.717, 1.165) is 0 Å². The largest absolute Gasteiger partial charge is 2.00 e. The van der Waals surface area contributed by atoms with E-state index < -0.39 is 11.9 Å². The first-order valence-electron chi connectivity index (χ1n) is 5.55. The molecule has 2 rings (SSSR count). The predicted molar refractivity (Wildman–Crippen MR) is 67.7 cm³/mol. The summed E-state index contributed by atoms with van der Waals surface area (Å²) in [6.07, 6.45) is 0. The normalized spacial score (nSPS) is 8.76. The minimum atomic E-state index is -1.36. The Morgan fingerprint density at radius 1 is 0.857 bits per heavy atom. The molecule has 0 saturated heterocycles. The zero-order valence-electron chi connectivity index (χ0n) is 11.1. The van der Waals surface area contributed by atoms with E-state index in [-0.39, 0.29) is 36.4 Å². The molecule has 0 heterocycles. The van der Waals surface area contributed by atoms with Gasteiger partial charge in [0.05, 0.1) is 5.97 Å². The number of benzene rings is 2. The molecule has 1 N–H and O–H groups in total. The Bertz CT molecular complexity index is 569. The van der Waals surface area contributed by atoms with Gasteiger partial charge >= 0.3 is 19.5 Å². The van der Waals surface area contributed by atoms with Gasteiger partial charge in [-0.3, -0.25) is 0 Å². The Morgan fingerprint density at radius 2 is 1.29 bits per heavy atom. The molecule has 0 radical (unpaired) electrons. The Morgan fingerprint density at radius 3 is 1.62 bits per heavy atom. The Hall–Kier alpha value is -2.33. The number of aromatic carboxylic acids is 2. The van der Waals surface area contributed by atoms with Crippen molar-refractivity contribution < 1.29 is 44.4 Å². The molecule has 104 valence electrons. The SMILES string of the molecule is O=C([O-])c1ccccc1O.[CH2-]c1ccccc1C(=O)[O-].[Zn+2]. The van der Waals surface area contributed by atoms with E-state index in [0.29, 0.717) is 5.56 Å². The van der Waals surface area contributed by atoms with Crippen LogP contribution >= 0.6 is 0 Å². The van der Waals surface area contributed by atoms with Gasteiger partial charge in [0.25, 0.3) is 0 Å². The number of para-hydroxylation sites is 1. The fourth-order valence-corrected chi connectivity index (χ4v) is 1.37. The van der Waals surface area contributed by atoms with Crippen LogP contribution in [0.25, 0.3) is 0 Å². The molecule has 2 aromatic rings. The number of phenols is 1. The first-order chi connectivity index (χ1) is 9.43. The van der Waals surface area contributed by atoms with Gasteiger partial charge in [-0.2, -0.15) is 18.6 Å². The summed E-state index contributed by atoms with van der Waals surface area (Å²) in [6, 6.07) is 12.1. The molecule has 0 aromatic heterocycles. The smallest absolute Gasteiger partial charge is 0.559 e. The second-order valence-corrected chi connectivity index (χ2v) is 3.75. The summed E-state index contributed by atoms with van der Waals surface area (Å²) in [4.78, 5) is 20.4. The molecular weight excluding hydrogens is 326 g/mol. The molecule has 2 aromatic carbocycles. The van der Waals surface area contributed by atoms with Gasteiger partial charge in [-0.25, -0.2) is 0 Å². The van der Waals surface area contributed by atoms with Crippen LogP contribution in [0.3, 0.4) is 0 Å². The number of hydrogen-bond acceptors (Lipinski definition) is 5. The molecule has 0 atom stereocenters. The zero-order valence-corrected chi connectivity index (χ0v) is 14.1. The zero-order chi connectivity index (χ0) is 15.1. The van der Waals surface area contributed by atoms with Crippen LogP contribution in [0.1, 0.15) is 26.3 Å². The van der Waals surface area contributed by atoms with Gasteiger partial charge in [-0.1, -0.05) is 18.2 Å². The van der Waals surface area contributed by atoms with Crippen molar-refractivity contribution in [3.8, 4) is 5.75 Å². The van der Waals surface area contributed by atoms with Crippen molar-refractivity contribution in [2.24, 2.45) is 0 Å². The van der Waals surface area contributed by atoms with E-state index in [4.69, 9.17) is 5.11 Å². The molecule has 6 heteroatoms. The first kappa shape index (κ1) is 18.7. The molecule has 0 spiro atoms. The van der Waals surface area contributed by atoms with Crippen molar-refractivity contribution in [3.63, 3.8) is 0 Å². The number of carbonyl (C=O) groups is 2. The molecule has 0 unspecified atom stereocenters. The van der Waals surface area contributed by atoms with E-state index in [1.54, 1.807) is 24.3 Å². The third kappa shape index (κ3) is 5.67. The molecule has 0 aliphatic heterocycles. The van der Waals surface area contributed by atoms with Crippen molar-refractivity contribution in [3.05, 3.63) is 72.1 Å². The number of rotatable bonds is 2. The summed E-state index contributed by atoms with van der Waals surface area (Å²) in [5.41, 5.74) is 0.465. The number of carboxylic acids is 2. The molecule has 0 bridgehead atoms. The van der Waals surface area contributed by atoms with Crippen LogP contribution in [0, 0.1) is 6.92 Å². The van der Waals surface area contributed by atoms with Crippen molar-refractivity contribution in [1.29, 1.82) is 0 Å². The second kappa shape index (κ2) is 8.77. The summed E-state index contributed by atoms with van der Waals surface area (Å²) < 4.78 is 0. The van der Waals surface area contributed by atoms with E-state index in [2.05, 4.69) is 6.92 Å². The number of aromatic hydroxyl groups is 1. The van der Waals surface area contributed by atoms with Gasteiger partial charge in [0.15, 0.2) is 0 Å². The first-order valence-corrected chi connectivity index (χ1v) is 5.55. The van der Waals surface area contributed by atoms with Crippen molar-refractivity contribution in [2.75, 3.05) is 0 Å². The number of carbonyl (C=O) groups excluding carboxylic acids is 2. The fraction of sp³-hybridized carbons (Fsp3) is 0. The summed E-state index contributed by atoms with van der Waals surface area (Å²) in [6.45, 7) is 3.52. The van der Waals surface area contributed by atoms with E-state index >= 15 is 0 Å². The van der Waals surface area contributed by atoms with Gasteiger partial charge in [0, 0.05) is 11.5 Å². The second-order valence-electron chi connectivity index (χ2n) is 3.75. The average Bonchev–Trinajstić information content (AvgIpc) is 2.40. The summed E-state index contributed by atoms with van der Waals surface area (Å²) in [7, 11) is 0. The Balaban J connectivity index is 0.000000364. The Kier molecular flexibility index (Phi) is 7.80. The maximum atomic E-state index is 10.3. The van der Waals surface area contributed by atoms with Crippen molar-refractivity contribution in [2.45, 2.75) is 0 Å². The van der Waals surface area contributed by atoms with Crippen molar-refractivity contribution >= 4 is 11.9 Å². The molecule has 21 heavy (non-hydrogen) atoms. The Labute approximate surface area is 134 Å². The van der Waals surface area contributed by atoms with Crippen LogP contribution < -0.4 is 10.2 Å². The molecule has 5 nitrogen and oxygen atoms in total. The van der Waals surface area contributed by atoms with Crippen LogP contribution in [0.5, 0.6) is 5.75 Å². The van der Waals surface area contributed by atoms with Crippen LogP contribution in [-0.4, -0.2) is 17.0 Å². The van der Waals surface area contributed by atoms with Gasteiger partial charge in [0.2, 0.25) is 0 Å². The summed E-state index contributed by atoms with van der Waals surface area (Å²) in [5, 5.41) is 29.3. The monoisotopic (exact) mass is 335 g/mol. The van der Waals surface area contributed by atoms with Crippen LogP contribution in [0.2, 0.25) is 0 Å². The minimum Gasteiger partial charge on any atom is -0.559 e. The van der Waals surface area contributed by atoms with Crippen LogP contribution in [0.4, 0.5) is 0 Å². The molecule has 0 aliphatic carbocycles. The third-order valence-electron chi connectivity index (χ3n) is 2.36. The van der Waals surface area contributed by atoms with Crippen LogP contribution in [0.15, 0.2) is 48.5 Å². The maximum absolute atomic E-state index is 10.3. The standard InChI is InChI=1S/C8H7O2.C7H6O3.Zn/c1-6-4-2-3-5-7(6)8(9)10;8-6-4-2-1-3-5(6)7(9)10;/h2-5H,1H2,(H,9,10);1-4,8H,(H,9,10);/q-1;;+2/p-2. The molecular formula is C15H11O5Zn-. The van der Waals surface area contributed by atoms with Gasteiger partial charge < -0.3 is 24.9 Å². The molecule has 0 aliphatic rings. The summed E-state index contributed by atoms with van der Waals surface area (Å²) >= 11 is 0. The maximum Gasteiger partial charge on any atom is 2.00 e. The number of carboxylic acid groups (broad SMARTS) is 2. The number of hydrogen-bond donors (Lipinski definition) is 1. The van der Waals surface area contributed by atoms with Crippen LogP contribution in [-0.2, 0) is 19.5 Å². The predicted octanol–water partition coefficient (Wildman–Crippen LogP) is -0.0145. The van der Waals surface area contributed by atoms with E-state index in [9.17, 15) is 19.8 Å². The average molecular weight is 337 g/mol. The van der Waals surface area contributed by atoms with Gasteiger partial charge in [0.1, 0.15) is 5.75 Å². The molecule has 0 saturated carbocycles. The topological polar surface area (TPSA) is 100 Å². The molecule has 0 fully saturated rings. The fourth-order valence-electron chi connectivity index (χ4n) is 1.37.